The molecule has 1 heterocycles. The second-order valence-corrected chi connectivity index (χ2v) is 17.4. The first-order valence-corrected chi connectivity index (χ1v) is 22.1. The number of primary sulfonamides is 1. The predicted molar refractivity (Wildman–Crippen MR) is 236 cm³/mol. The molecule has 0 unspecified atom stereocenters. The van der Waals surface area contributed by atoms with Crippen molar-refractivity contribution in [3.63, 3.8) is 0 Å². The zero-order valence-electron chi connectivity index (χ0n) is 34.8. The number of likely N-dealkylation sites (N-methyl/N-ethyl adjacent to an activating group) is 1. The number of aromatic hydroxyl groups is 2. The summed E-state index contributed by atoms with van der Waals surface area (Å²) >= 11 is 6.03. The monoisotopic (exact) mass is 903 g/mol. The van der Waals surface area contributed by atoms with Gasteiger partial charge in [-0.15, -0.1) is 0 Å². The van der Waals surface area contributed by atoms with Gasteiger partial charge in [0.1, 0.15) is 41.4 Å². The SMILES string of the molecule is C[C@H](NC(=O)[C@@H]1Cc2ccc(O)c(c2)-c2cc(ccc2O)[C@H](N(C)C(=O)[C@H](CCCCN)NC(=O)c2ccc(-c3ccc(Cl)cc3)cc2)C(=O)N[C@@H](C)C(=O)N1)C(=O)CS(N)(=O)=O. The molecule has 4 aromatic rings. The minimum atomic E-state index is -4.21. The maximum atomic E-state index is 14.5. The van der Waals surface area contributed by atoms with Crippen LogP contribution in [0.3, 0.4) is 0 Å². The van der Waals surface area contributed by atoms with E-state index in [9.17, 15) is 47.4 Å². The van der Waals surface area contributed by atoms with Crippen LogP contribution in [0, 0.1) is 0 Å². The Hall–Kier alpha value is -6.34. The number of benzene rings is 4. The number of phenols is 2. The van der Waals surface area contributed by atoms with Crippen molar-refractivity contribution in [1.29, 1.82) is 0 Å². The van der Waals surface area contributed by atoms with Gasteiger partial charge in [0.05, 0.1) is 6.04 Å². The van der Waals surface area contributed by atoms with Gasteiger partial charge >= 0.3 is 0 Å². The summed E-state index contributed by atoms with van der Waals surface area (Å²) in [5.74, 6) is -6.35. The van der Waals surface area contributed by atoms with E-state index in [0.717, 1.165) is 16.0 Å². The van der Waals surface area contributed by atoms with Crippen molar-refractivity contribution in [1.82, 2.24) is 26.2 Å². The number of hydrogen-bond acceptors (Lipinski definition) is 11. The van der Waals surface area contributed by atoms with Gasteiger partial charge in [0, 0.05) is 35.2 Å². The molecule has 0 fully saturated rings. The summed E-state index contributed by atoms with van der Waals surface area (Å²) in [5, 5.41) is 38.1. The molecule has 0 aliphatic carbocycles. The van der Waals surface area contributed by atoms with E-state index in [1.54, 1.807) is 36.4 Å². The van der Waals surface area contributed by atoms with Crippen molar-refractivity contribution >= 4 is 56.9 Å². The summed E-state index contributed by atoms with van der Waals surface area (Å²) in [6, 6.07) is 15.6. The van der Waals surface area contributed by atoms with E-state index in [-0.39, 0.29) is 46.6 Å². The first-order valence-electron chi connectivity index (χ1n) is 20.0. The van der Waals surface area contributed by atoms with Gasteiger partial charge in [0.2, 0.25) is 33.7 Å². The summed E-state index contributed by atoms with van der Waals surface area (Å²) in [5.41, 5.74) is 8.42. The number of sulfonamides is 1. The zero-order chi connectivity index (χ0) is 46.2. The molecule has 5 amide bonds. The Morgan fingerprint density at radius 2 is 1.46 bits per heavy atom. The molecular formula is C44H50ClN7O10S. The molecule has 1 aliphatic rings. The van der Waals surface area contributed by atoms with E-state index in [1.807, 2.05) is 12.1 Å². The van der Waals surface area contributed by atoms with Crippen LogP contribution in [0.15, 0.2) is 84.9 Å². The number of fused-ring (bicyclic) bond motifs is 5. The van der Waals surface area contributed by atoms with Crippen LogP contribution in [0.1, 0.15) is 60.6 Å². The van der Waals surface area contributed by atoms with Gasteiger partial charge in [0.15, 0.2) is 5.78 Å². The molecule has 0 radical (unpaired) electrons. The summed E-state index contributed by atoms with van der Waals surface area (Å²) in [6.45, 7) is 2.92. The van der Waals surface area contributed by atoms with Gasteiger partial charge < -0.3 is 42.1 Å². The minimum Gasteiger partial charge on any atom is -0.507 e. The first-order chi connectivity index (χ1) is 29.8. The highest BCUT2D eigenvalue weighted by atomic mass is 35.5. The zero-order valence-corrected chi connectivity index (χ0v) is 36.3. The van der Waals surface area contributed by atoms with E-state index in [1.165, 1.54) is 57.3 Å². The lowest BCUT2D eigenvalue weighted by Gasteiger charge is -2.32. The standard InChI is InChI=1S/C44H50ClN7O10S/c1-24(38(55)23-63(47,61)62)48-42(58)35-21-26-7-17-36(53)32(20-26)33-22-30(14-18-37(33)54)39(43(59)49-25(2)40(56)51-35)52(3)44(60)34(6-4-5-19-46)50-41(57)29-10-8-27(9-11-29)28-12-15-31(45)16-13-28/h7-18,20,22,24-25,34-35,39,53-54H,4-6,19,21,23,46H2,1-3H3,(H,48,58)(H,49,59)(H,50,57)(H,51,56)(H2,47,61,62)/t24-,25-,34-,35-,39-/m0/s1. The molecule has 5 rings (SSSR count). The second kappa shape index (κ2) is 20.7. The number of Topliss-reactive ketones (excluding diaryl/α,β-unsaturated/α-hetero) is 1. The van der Waals surface area contributed by atoms with Gasteiger partial charge in [-0.3, -0.25) is 28.8 Å². The number of phenolic OH excluding ortho intramolecular Hbond substituents is 2. The number of carbonyl (C=O) groups is 6. The van der Waals surface area contributed by atoms with Gasteiger partial charge in [-0.1, -0.05) is 48.0 Å². The smallest absolute Gasteiger partial charge is 0.251 e. The van der Waals surface area contributed by atoms with E-state index in [4.69, 9.17) is 22.5 Å². The lowest BCUT2D eigenvalue weighted by atomic mass is 9.93. The van der Waals surface area contributed by atoms with Gasteiger partial charge in [-0.05, 0) is 110 Å². The number of nitrogens with zero attached hydrogens (tertiary/aromatic N) is 1. The van der Waals surface area contributed by atoms with Crippen LogP contribution in [0.5, 0.6) is 11.5 Å². The quantitative estimate of drug-likeness (QED) is 0.0851. The molecule has 0 saturated heterocycles. The average Bonchev–Trinajstić information content (AvgIpc) is 3.23. The molecule has 5 atom stereocenters. The first kappa shape index (κ1) is 47.7. The van der Waals surface area contributed by atoms with Crippen molar-refractivity contribution in [2.75, 3.05) is 19.3 Å². The number of amides is 5. The molecule has 0 spiro atoms. The third-order valence-corrected chi connectivity index (χ3v) is 11.5. The fourth-order valence-corrected chi connectivity index (χ4v) is 7.83. The highest BCUT2D eigenvalue weighted by Crippen LogP contribution is 2.39. The van der Waals surface area contributed by atoms with Crippen LogP contribution in [0.2, 0.25) is 5.02 Å². The highest BCUT2D eigenvalue weighted by Gasteiger charge is 2.36. The number of rotatable bonds is 14. The van der Waals surface area contributed by atoms with Crippen LogP contribution < -0.4 is 32.1 Å². The number of nitrogens with two attached hydrogens (primary N) is 2. The van der Waals surface area contributed by atoms with E-state index in [2.05, 4.69) is 21.3 Å². The Morgan fingerprint density at radius 1 is 0.857 bits per heavy atom. The molecule has 10 N–H and O–H groups in total. The predicted octanol–water partition coefficient (Wildman–Crippen LogP) is 2.42. The number of unbranched alkanes of at least 4 members (excludes halogenated alkanes) is 1. The molecule has 63 heavy (non-hydrogen) atoms. The van der Waals surface area contributed by atoms with Crippen molar-refractivity contribution in [3.05, 3.63) is 107 Å². The minimum absolute atomic E-state index is 0.0534. The number of carbonyl (C=O) groups excluding carboxylic acids is 6. The largest absolute Gasteiger partial charge is 0.507 e. The van der Waals surface area contributed by atoms with Crippen LogP contribution >= 0.6 is 11.6 Å². The fraction of sp³-hybridized carbons (Fsp3) is 0.318. The molecular weight excluding hydrogens is 854 g/mol. The van der Waals surface area contributed by atoms with Crippen LogP contribution in [0.4, 0.5) is 0 Å². The molecule has 17 nitrogen and oxygen atoms in total. The normalized spacial score (nSPS) is 17.5. The third-order valence-electron chi connectivity index (χ3n) is 10.6. The van der Waals surface area contributed by atoms with Gasteiger partial charge in [-0.2, -0.15) is 0 Å². The van der Waals surface area contributed by atoms with E-state index >= 15 is 0 Å². The Bertz CT molecular complexity index is 2490. The van der Waals surface area contributed by atoms with Crippen molar-refractivity contribution in [3.8, 4) is 33.8 Å². The highest BCUT2D eigenvalue weighted by molar-refractivity contribution is 7.89. The third kappa shape index (κ3) is 12.4. The van der Waals surface area contributed by atoms with Crippen molar-refractivity contribution in [2.24, 2.45) is 10.9 Å². The van der Waals surface area contributed by atoms with E-state index < -0.39 is 81.3 Å². The summed E-state index contributed by atoms with van der Waals surface area (Å²) in [7, 11) is -2.85. The number of halogens is 1. The lowest BCUT2D eigenvalue weighted by Crippen LogP contribution is -2.57. The molecule has 4 aromatic carbocycles. The van der Waals surface area contributed by atoms with Gasteiger partial charge in [0.25, 0.3) is 5.91 Å². The summed E-state index contributed by atoms with van der Waals surface area (Å²) in [6.07, 6.45) is 0.909. The van der Waals surface area contributed by atoms with Crippen LogP contribution in [0.25, 0.3) is 22.3 Å². The Labute approximate surface area is 369 Å². The maximum Gasteiger partial charge on any atom is 0.251 e. The van der Waals surface area contributed by atoms with E-state index in [0.29, 0.717) is 30.0 Å². The molecule has 0 saturated carbocycles. The molecule has 334 valence electrons. The Morgan fingerprint density at radius 3 is 2.08 bits per heavy atom. The summed E-state index contributed by atoms with van der Waals surface area (Å²) < 4.78 is 23.1. The van der Waals surface area contributed by atoms with Gasteiger partial charge in [-0.25, -0.2) is 13.6 Å². The number of hydrogen-bond donors (Lipinski definition) is 8. The second-order valence-electron chi connectivity index (χ2n) is 15.4. The molecule has 19 heteroatoms. The fourth-order valence-electron chi connectivity index (χ4n) is 7.05. The molecule has 4 bridgehead atoms. The topological polar surface area (TPSA) is 280 Å². The summed E-state index contributed by atoms with van der Waals surface area (Å²) in [4.78, 5) is 83.5. The lowest BCUT2D eigenvalue weighted by molar-refractivity contribution is -0.141. The van der Waals surface area contributed by atoms with Crippen LogP contribution in [-0.2, 0) is 40.4 Å². The molecule has 1 aliphatic heterocycles. The van der Waals surface area contributed by atoms with Crippen molar-refractivity contribution in [2.45, 2.75) is 69.7 Å². The maximum absolute atomic E-state index is 14.5. The number of ketones is 1. The average molecular weight is 904 g/mol. The van der Waals surface area contributed by atoms with Crippen LogP contribution in [-0.4, -0.2) is 102 Å². The Kier molecular flexibility index (Phi) is 15.7. The Balaban J connectivity index is 1.48. The number of nitrogens with one attached hydrogen (secondary N) is 4. The van der Waals surface area contributed by atoms with Crippen molar-refractivity contribution < 1.29 is 47.4 Å². The molecule has 0 aromatic heterocycles.